The van der Waals surface area contributed by atoms with E-state index in [9.17, 15) is 22.4 Å². The molecule has 0 atom stereocenters. The van der Waals surface area contributed by atoms with Crippen molar-refractivity contribution in [3.05, 3.63) is 53.3 Å². The highest BCUT2D eigenvalue weighted by atomic mass is 19.4. The number of hydrogen-bond acceptors (Lipinski definition) is 5. The first kappa shape index (κ1) is 26.9. The number of amides is 1. The van der Waals surface area contributed by atoms with Crippen molar-refractivity contribution < 1.29 is 36.7 Å². The van der Waals surface area contributed by atoms with Crippen LogP contribution in [0.1, 0.15) is 50.7 Å². The lowest BCUT2D eigenvalue weighted by molar-refractivity contribution is -0.306. The first-order chi connectivity index (χ1) is 16.2. The van der Waals surface area contributed by atoms with E-state index in [1.54, 1.807) is 17.9 Å². The van der Waals surface area contributed by atoms with Crippen LogP contribution in [-0.4, -0.2) is 43.6 Å². The van der Waals surface area contributed by atoms with Crippen molar-refractivity contribution in [1.82, 2.24) is 4.90 Å². The highest BCUT2D eigenvalue weighted by Crippen LogP contribution is 2.31. The second kappa shape index (κ2) is 12.8. The standard InChI is InChI=1S/C24H28F4N2O4/c1-4-17(8-9-20(5-2)33-24(26,27)28)19-15-18(23(34-29-3)21(25)16-19)10-13-32-14-12-30-11-6-7-22(30)31/h8-10,13,15-16H,3-7,11-12,14H2,1-2H3/b13-10?,17-8+,20-9+. The van der Waals surface area contributed by atoms with E-state index in [-0.39, 0.29) is 30.4 Å². The normalized spacial score (nSPS) is 15.2. The van der Waals surface area contributed by atoms with Crippen LogP contribution in [0.4, 0.5) is 17.6 Å². The average Bonchev–Trinajstić information content (AvgIpc) is 3.19. The summed E-state index contributed by atoms with van der Waals surface area (Å²) in [7, 11) is 0. The number of oxime groups is 1. The SMILES string of the molecule is C=NOc1c(F)cc(/C(=C/C=C(\CC)OC(F)(F)F)CC)cc1C=COCCN1CCCC1=O. The molecule has 2 rings (SSSR count). The van der Waals surface area contributed by atoms with Crippen LogP contribution in [-0.2, 0) is 14.3 Å². The zero-order valence-electron chi connectivity index (χ0n) is 19.2. The van der Waals surface area contributed by atoms with Crippen LogP contribution in [0.3, 0.4) is 0 Å². The number of rotatable bonds is 12. The molecule has 34 heavy (non-hydrogen) atoms. The molecule has 1 fully saturated rings. The van der Waals surface area contributed by atoms with Gasteiger partial charge in [-0.25, -0.2) is 4.39 Å². The molecule has 0 saturated carbocycles. The molecule has 0 aromatic heterocycles. The molecule has 1 saturated heterocycles. The molecular formula is C24H28F4N2O4. The lowest BCUT2D eigenvalue weighted by atomic mass is 9.99. The predicted molar refractivity (Wildman–Crippen MR) is 121 cm³/mol. The maximum Gasteiger partial charge on any atom is 0.572 e. The quantitative estimate of drug-likeness (QED) is 0.0905. The molecule has 186 valence electrons. The zero-order chi connectivity index (χ0) is 25.1. The molecule has 1 aliphatic heterocycles. The van der Waals surface area contributed by atoms with Gasteiger partial charge < -0.3 is 19.2 Å². The van der Waals surface area contributed by atoms with E-state index in [0.717, 1.165) is 6.42 Å². The first-order valence-corrected chi connectivity index (χ1v) is 10.9. The lowest BCUT2D eigenvalue weighted by Crippen LogP contribution is -2.27. The fourth-order valence-electron chi connectivity index (χ4n) is 3.36. The molecule has 1 aromatic rings. The number of ether oxygens (including phenoxy) is 2. The minimum Gasteiger partial charge on any atom is -0.499 e. The van der Waals surface area contributed by atoms with Crippen molar-refractivity contribution in [2.24, 2.45) is 5.16 Å². The van der Waals surface area contributed by atoms with Crippen LogP contribution in [0.5, 0.6) is 5.75 Å². The Kier molecular flexibility index (Phi) is 10.2. The minimum absolute atomic E-state index is 0.0352. The predicted octanol–water partition coefficient (Wildman–Crippen LogP) is 6.05. The Morgan fingerprint density at radius 1 is 1.24 bits per heavy atom. The van der Waals surface area contributed by atoms with Crippen LogP contribution < -0.4 is 4.84 Å². The van der Waals surface area contributed by atoms with Crippen LogP contribution >= 0.6 is 0 Å². The summed E-state index contributed by atoms with van der Waals surface area (Å²) in [6.45, 7) is 7.95. The Labute approximate surface area is 196 Å². The van der Waals surface area contributed by atoms with Crippen molar-refractivity contribution in [3.63, 3.8) is 0 Å². The third kappa shape index (κ3) is 8.24. The first-order valence-electron chi connectivity index (χ1n) is 10.9. The Balaban J connectivity index is 2.23. The maximum atomic E-state index is 14.8. The van der Waals surface area contributed by atoms with Gasteiger partial charge in [0.1, 0.15) is 12.4 Å². The highest BCUT2D eigenvalue weighted by molar-refractivity contribution is 5.78. The van der Waals surface area contributed by atoms with Gasteiger partial charge >= 0.3 is 6.36 Å². The third-order valence-electron chi connectivity index (χ3n) is 5.04. The largest absolute Gasteiger partial charge is 0.572 e. The molecule has 1 heterocycles. The smallest absolute Gasteiger partial charge is 0.499 e. The van der Waals surface area contributed by atoms with Crippen molar-refractivity contribution in [1.29, 1.82) is 0 Å². The van der Waals surface area contributed by atoms with Gasteiger partial charge in [-0.15, -0.1) is 13.2 Å². The Hall–Kier alpha value is -3.30. The number of carbonyl (C=O) groups is 1. The van der Waals surface area contributed by atoms with Crippen molar-refractivity contribution >= 4 is 24.3 Å². The van der Waals surface area contributed by atoms with Gasteiger partial charge in [-0.1, -0.05) is 25.1 Å². The third-order valence-corrected chi connectivity index (χ3v) is 5.04. The van der Waals surface area contributed by atoms with Crippen molar-refractivity contribution in [3.8, 4) is 5.75 Å². The number of nitrogens with zero attached hydrogens (tertiary/aromatic N) is 2. The van der Waals surface area contributed by atoms with Gasteiger partial charge in [-0.2, -0.15) is 0 Å². The molecule has 6 nitrogen and oxygen atoms in total. The van der Waals surface area contributed by atoms with E-state index < -0.39 is 12.2 Å². The summed E-state index contributed by atoms with van der Waals surface area (Å²) < 4.78 is 61.8. The number of hydrogen-bond donors (Lipinski definition) is 0. The molecule has 0 bridgehead atoms. The molecule has 0 unspecified atom stereocenters. The maximum absolute atomic E-state index is 14.8. The molecule has 1 aromatic carbocycles. The lowest BCUT2D eigenvalue weighted by Gasteiger charge is -2.14. The number of benzene rings is 1. The summed E-state index contributed by atoms with van der Waals surface area (Å²) in [4.78, 5) is 18.3. The van der Waals surface area contributed by atoms with E-state index >= 15 is 0 Å². The zero-order valence-corrected chi connectivity index (χ0v) is 19.2. The summed E-state index contributed by atoms with van der Waals surface area (Å²) >= 11 is 0. The van der Waals surface area contributed by atoms with E-state index in [4.69, 9.17) is 9.57 Å². The highest BCUT2D eigenvalue weighted by Gasteiger charge is 2.31. The second-order valence-corrected chi connectivity index (χ2v) is 7.33. The number of likely N-dealkylation sites (tertiary alicyclic amines) is 1. The minimum atomic E-state index is -4.79. The molecular weight excluding hydrogens is 456 g/mol. The number of allylic oxidation sites excluding steroid dienone is 4. The van der Waals surface area contributed by atoms with Gasteiger partial charge in [0.15, 0.2) is 5.82 Å². The van der Waals surface area contributed by atoms with E-state index in [1.807, 2.05) is 0 Å². The van der Waals surface area contributed by atoms with Gasteiger partial charge in [0.2, 0.25) is 11.7 Å². The monoisotopic (exact) mass is 484 g/mol. The van der Waals surface area contributed by atoms with Crippen molar-refractivity contribution in [2.45, 2.75) is 45.9 Å². The molecule has 0 N–H and O–H groups in total. The average molecular weight is 484 g/mol. The Morgan fingerprint density at radius 3 is 2.59 bits per heavy atom. The molecule has 10 heteroatoms. The second-order valence-electron chi connectivity index (χ2n) is 7.33. The summed E-state index contributed by atoms with van der Waals surface area (Å²) in [6, 6.07) is 2.81. The topological polar surface area (TPSA) is 60.4 Å². The fourth-order valence-corrected chi connectivity index (χ4v) is 3.36. The van der Waals surface area contributed by atoms with Gasteiger partial charge in [0, 0.05) is 31.7 Å². The fraction of sp³-hybridized carbons (Fsp3) is 0.417. The molecule has 1 aliphatic rings. The van der Waals surface area contributed by atoms with Gasteiger partial charge in [-0.05, 0) is 48.3 Å². The van der Waals surface area contributed by atoms with Crippen molar-refractivity contribution in [2.75, 3.05) is 19.7 Å². The summed E-state index contributed by atoms with van der Waals surface area (Å²) in [5.74, 6) is -1.07. The van der Waals surface area contributed by atoms with Crippen LogP contribution in [0.25, 0.3) is 11.6 Å². The number of halogens is 4. The van der Waals surface area contributed by atoms with E-state index in [1.165, 1.54) is 37.5 Å². The molecule has 0 spiro atoms. The van der Waals surface area contributed by atoms with Gasteiger partial charge in [0.25, 0.3) is 0 Å². The van der Waals surface area contributed by atoms with Gasteiger partial charge in [-0.3, -0.25) is 4.79 Å². The molecule has 0 aliphatic carbocycles. The van der Waals surface area contributed by atoms with Crippen LogP contribution in [0, 0.1) is 5.82 Å². The number of carbonyl (C=O) groups excluding carboxylic acids is 1. The van der Waals surface area contributed by atoms with Crippen LogP contribution in [0.15, 0.2) is 41.5 Å². The van der Waals surface area contributed by atoms with E-state index in [2.05, 4.69) is 16.6 Å². The summed E-state index contributed by atoms with van der Waals surface area (Å²) in [6.07, 6.45) is 2.56. The Bertz CT molecular complexity index is 955. The summed E-state index contributed by atoms with van der Waals surface area (Å²) in [5, 5.41) is 3.28. The summed E-state index contributed by atoms with van der Waals surface area (Å²) in [5.41, 5.74) is 1.32. The van der Waals surface area contributed by atoms with Gasteiger partial charge in [0.05, 0.1) is 12.8 Å². The Morgan fingerprint density at radius 2 is 2.00 bits per heavy atom. The molecule has 1 amide bonds. The number of alkyl halides is 3. The van der Waals surface area contributed by atoms with E-state index in [0.29, 0.717) is 42.6 Å². The molecule has 0 radical (unpaired) electrons. The van der Waals surface area contributed by atoms with Crippen LogP contribution in [0.2, 0.25) is 0 Å².